The number of nitrogens with one attached hydrogen (secondary N) is 4. The lowest BCUT2D eigenvalue weighted by Gasteiger charge is -2.28. The van der Waals surface area contributed by atoms with Crippen LogP contribution in [0.15, 0.2) is 54.7 Å². The van der Waals surface area contributed by atoms with E-state index in [1.54, 1.807) is 23.8 Å². The van der Waals surface area contributed by atoms with Gasteiger partial charge in [0, 0.05) is 36.5 Å². The molecule has 4 unspecified atom stereocenters. The minimum absolute atomic E-state index is 0.0137. The molecule has 1 aromatic heterocycles. The molecule has 2 aromatic carbocycles. The Bertz CT molecular complexity index is 1420. The number of benzene rings is 2. The lowest BCUT2D eigenvalue weighted by Crippen LogP contribution is -2.57. The molecule has 3 aromatic rings. The topological polar surface area (TPSA) is 201 Å². The zero-order chi connectivity index (χ0) is 29.5. The predicted octanol–water partition coefficient (Wildman–Crippen LogP) is 0.250. The number of carboxylic acids is 1. The molecule has 13 heteroatoms. The first-order valence-electron chi connectivity index (χ1n) is 13.0. The number of amides is 3. The minimum Gasteiger partial charge on any atom is -0.508 e. The number of carboxylic acid groups (broad SMARTS) is 1. The van der Waals surface area contributed by atoms with Crippen LogP contribution in [-0.4, -0.2) is 86.0 Å². The quantitative estimate of drug-likeness (QED) is 0.0913. The van der Waals surface area contributed by atoms with Gasteiger partial charge in [-0.05, 0) is 42.2 Å². The number of hydrogen-bond donors (Lipinski definition) is 7. The van der Waals surface area contributed by atoms with Gasteiger partial charge in [0.2, 0.25) is 17.7 Å². The summed E-state index contributed by atoms with van der Waals surface area (Å²) in [7, 11) is 0. The fraction of sp³-hybridized carbons (Fsp3) is 0.321. The number of likely N-dealkylation sites (tertiary alicyclic amines) is 1. The van der Waals surface area contributed by atoms with Gasteiger partial charge < -0.3 is 40.7 Å². The SMILES string of the molecule is O=CC(NO)C(=O)N1CCCC1C(=O)NC(Cc1c[nH]c2ccccc12)C(=O)NC(Cc1ccc(O)cc1)C(=O)O. The first kappa shape index (κ1) is 29.2. The zero-order valence-electron chi connectivity index (χ0n) is 21.9. The first-order valence-corrected chi connectivity index (χ1v) is 13.0. The number of aromatic amines is 1. The van der Waals surface area contributed by atoms with Crippen molar-refractivity contribution < 1.29 is 39.4 Å². The number of aliphatic carboxylic acids is 1. The number of nitrogens with zero attached hydrogens (tertiary/aromatic N) is 1. The van der Waals surface area contributed by atoms with Gasteiger partial charge >= 0.3 is 5.97 Å². The molecule has 1 fully saturated rings. The predicted molar refractivity (Wildman–Crippen MR) is 145 cm³/mol. The number of aromatic nitrogens is 1. The number of hydroxylamine groups is 1. The van der Waals surface area contributed by atoms with E-state index in [0.717, 1.165) is 10.9 Å². The highest BCUT2D eigenvalue weighted by Gasteiger charge is 2.38. The number of rotatable bonds is 12. The number of para-hydroxylation sites is 1. The van der Waals surface area contributed by atoms with Crippen LogP contribution in [0.3, 0.4) is 0 Å². The van der Waals surface area contributed by atoms with Gasteiger partial charge in [-0.1, -0.05) is 30.3 Å². The summed E-state index contributed by atoms with van der Waals surface area (Å²) in [5.41, 5.74) is 3.70. The fourth-order valence-corrected chi connectivity index (χ4v) is 4.96. The van der Waals surface area contributed by atoms with E-state index in [1.165, 1.54) is 17.0 Å². The van der Waals surface area contributed by atoms with E-state index < -0.39 is 47.9 Å². The molecule has 7 N–H and O–H groups in total. The van der Waals surface area contributed by atoms with Gasteiger partial charge in [0.15, 0.2) is 6.04 Å². The van der Waals surface area contributed by atoms with Crippen LogP contribution in [0.25, 0.3) is 10.9 Å². The van der Waals surface area contributed by atoms with E-state index >= 15 is 0 Å². The Balaban J connectivity index is 1.56. The number of carbonyl (C=O) groups excluding carboxylic acids is 4. The Kier molecular flexibility index (Phi) is 9.32. The molecule has 0 spiro atoms. The molecule has 41 heavy (non-hydrogen) atoms. The number of carbonyl (C=O) groups is 5. The van der Waals surface area contributed by atoms with Crippen molar-refractivity contribution >= 4 is 40.9 Å². The van der Waals surface area contributed by atoms with Crippen molar-refractivity contribution in [3.63, 3.8) is 0 Å². The molecule has 3 amide bonds. The van der Waals surface area contributed by atoms with Gasteiger partial charge in [0.05, 0.1) is 0 Å². The summed E-state index contributed by atoms with van der Waals surface area (Å²) in [6.07, 6.45) is 2.62. The molecular weight excluding hydrogens is 534 g/mol. The van der Waals surface area contributed by atoms with Crippen molar-refractivity contribution in [2.75, 3.05) is 6.54 Å². The maximum absolute atomic E-state index is 13.5. The number of phenolic OH excluding ortho intramolecular Hbond substituents is 1. The Morgan fingerprint density at radius 1 is 1.02 bits per heavy atom. The van der Waals surface area contributed by atoms with Crippen LogP contribution < -0.4 is 16.1 Å². The average Bonchev–Trinajstić information content (AvgIpc) is 3.62. The Labute approximate surface area is 234 Å². The third-order valence-corrected chi connectivity index (χ3v) is 7.10. The average molecular weight is 566 g/mol. The third-order valence-electron chi connectivity index (χ3n) is 7.10. The Morgan fingerprint density at radius 3 is 2.44 bits per heavy atom. The van der Waals surface area contributed by atoms with Crippen molar-refractivity contribution in [3.8, 4) is 5.75 Å². The number of fused-ring (bicyclic) bond motifs is 1. The zero-order valence-corrected chi connectivity index (χ0v) is 21.9. The molecule has 0 radical (unpaired) electrons. The van der Waals surface area contributed by atoms with Crippen LogP contribution in [-0.2, 0) is 36.8 Å². The molecule has 1 aliphatic heterocycles. The summed E-state index contributed by atoms with van der Waals surface area (Å²) >= 11 is 0. The molecular formula is C28H31N5O8. The van der Waals surface area contributed by atoms with Crippen molar-refractivity contribution in [1.82, 2.24) is 26.0 Å². The van der Waals surface area contributed by atoms with E-state index in [1.807, 2.05) is 24.3 Å². The summed E-state index contributed by atoms with van der Waals surface area (Å²) in [6.45, 7) is 0.177. The normalized spacial score (nSPS) is 17.0. The maximum atomic E-state index is 13.5. The molecule has 0 saturated carbocycles. The van der Waals surface area contributed by atoms with Crippen molar-refractivity contribution in [3.05, 3.63) is 65.9 Å². The van der Waals surface area contributed by atoms with E-state index in [9.17, 15) is 34.2 Å². The summed E-state index contributed by atoms with van der Waals surface area (Å²) in [4.78, 5) is 67.1. The highest BCUT2D eigenvalue weighted by atomic mass is 16.5. The molecule has 2 heterocycles. The summed E-state index contributed by atoms with van der Waals surface area (Å²) in [5, 5.41) is 34.5. The van der Waals surface area contributed by atoms with E-state index in [2.05, 4.69) is 15.6 Å². The number of H-pyrrole nitrogens is 1. The molecule has 0 aliphatic carbocycles. The molecule has 4 rings (SSSR count). The largest absolute Gasteiger partial charge is 0.508 e. The Morgan fingerprint density at radius 2 is 1.76 bits per heavy atom. The first-order chi connectivity index (χ1) is 19.7. The van der Waals surface area contributed by atoms with Crippen LogP contribution in [0.2, 0.25) is 0 Å². The number of hydrogen-bond acceptors (Lipinski definition) is 8. The van der Waals surface area contributed by atoms with Gasteiger partial charge in [-0.3, -0.25) is 14.4 Å². The molecule has 216 valence electrons. The lowest BCUT2D eigenvalue weighted by atomic mass is 10.0. The highest BCUT2D eigenvalue weighted by Crippen LogP contribution is 2.21. The summed E-state index contributed by atoms with van der Waals surface area (Å²) in [6, 6.07) is 8.20. The molecule has 4 atom stereocenters. The number of aromatic hydroxyl groups is 1. The second-order valence-electron chi connectivity index (χ2n) is 9.83. The molecule has 1 saturated heterocycles. The van der Waals surface area contributed by atoms with Crippen molar-refractivity contribution in [1.29, 1.82) is 0 Å². The molecule has 1 aliphatic rings. The van der Waals surface area contributed by atoms with E-state index in [0.29, 0.717) is 17.5 Å². The van der Waals surface area contributed by atoms with Gasteiger partial charge in [-0.2, -0.15) is 5.48 Å². The highest BCUT2D eigenvalue weighted by molar-refractivity contribution is 5.99. The van der Waals surface area contributed by atoms with Gasteiger partial charge in [-0.15, -0.1) is 0 Å². The molecule has 0 bridgehead atoms. The van der Waals surface area contributed by atoms with Crippen LogP contribution in [0.4, 0.5) is 0 Å². The Hall–Kier alpha value is -4.75. The van der Waals surface area contributed by atoms with E-state index in [4.69, 9.17) is 5.21 Å². The summed E-state index contributed by atoms with van der Waals surface area (Å²) in [5.74, 6) is -3.44. The van der Waals surface area contributed by atoms with Gasteiger partial charge in [0.25, 0.3) is 0 Å². The molecule has 13 nitrogen and oxygen atoms in total. The standard InChI is InChI=1S/C28H31N5O8/c34-15-23(32-41)27(38)33-11-3-6-24(33)26(37)30-21(13-17-14-29-20-5-2-1-4-19(17)20)25(36)31-22(28(39)40)12-16-7-9-18(35)10-8-16/h1-2,4-5,7-10,14-15,21-24,29,32,35,41H,3,6,11-13H2,(H,30,37)(H,31,36)(H,39,40). The monoisotopic (exact) mass is 565 g/mol. The van der Waals surface area contributed by atoms with Crippen LogP contribution in [0.5, 0.6) is 5.75 Å². The summed E-state index contributed by atoms with van der Waals surface area (Å²) < 4.78 is 0. The van der Waals surface area contributed by atoms with E-state index in [-0.39, 0.29) is 37.8 Å². The number of phenols is 1. The van der Waals surface area contributed by atoms with Crippen LogP contribution in [0, 0.1) is 0 Å². The van der Waals surface area contributed by atoms with Gasteiger partial charge in [0.1, 0.15) is 30.2 Å². The second-order valence-corrected chi connectivity index (χ2v) is 9.83. The van der Waals surface area contributed by atoms with Crippen molar-refractivity contribution in [2.45, 2.75) is 49.9 Å². The van der Waals surface area contributed by atoms with Crippen LogP contribution >= 0.6 is 0 Å². The third kappa shape index (κ3) is 6.88. The van der Waals surface area contributed by atoms with Crippen molar-refractivity contribution in [2.24, 2.45) is 0 Å². The lowest BCUT2D eigenvalue weighted by molar-refractivity contribution is -0.145. The second kappa shape index (κ2) is 13.1. The number of aldehydes is 1. The maximum Gasteiger partial charge on any atom is 0.326 e. The fourth-order valence-electron chi connectivity index (χ4n) is 4.96. The smallest absolute Gasteiger partial charge is 0.326 e. The van der Waals surface area contributed by atoms with Gasteiger partial charge in [-0.25, -0.2) is 4.79 Å². The minimum atomic E-state index is -1.54. The van der Waals surface area contributed by atoms with Crippen LogP contribution in [0.1, 0.15) is 24.0 Å².